The van der Waals surface area contributed by atoms with Crippen molar-refractivity contribution in [2.45, 2.75) is 20.8 Å². The van der Waals surface area contributed by atoms with E-state index in [1.165, 1.54) is 5.56 Å². The van der Waals surface area contributed by atoms with E-state index in [-0.39, 0.29) is 11.8 Å². The average Bonchev–Trinajstić information content (AvgIpc) is 3.24. The van der Waals surface area contributed by atoms with Gasteiger partial charge in [-0.05, 0) is 19.1 Å². The van der Waals surface area contributed by atoms with E-state index in [1.54, 1.807) is 0 Å². The van der Waals surface area contributed by atoms with Gasteiger partial charge in [-0.3, -0.25) is 4.79 Å². The Morgan fingerprint density at radius 3 is 2.35 bits per heavy atom. The predicted octanol–water partition coefficient (Wildman–Crippen LogP) is 3.56. The van der Waals surface area contributed by atoms with Gasteiger partial charge in [-0.15, -0.1) is 10.2 Å². The fourth-order valence-corrected chi connectivity index (χ4v) is 4.16. The number of aryl methyl sites for hydroxylation is 1. The third kappa shape index (κ3) is 3.40. The Balaban J connectivity index is 1.62. The Kier molecular flexibility index (Phi) is 4.81. The predicted molar refractivity (Wildman–Crippen MR) is 122 cm³/mol. The molecular formula is C24H26N6O. The Morgan fingerprint density at radius 1 is 0.935 bits per heavy atom. The highest BCUT2D eigenvalue weighted by Gasteiger charge is 2.26. The van der Waals surface area contributed by atoms with Gasteiger partial charge in [0, 0.05) is 43.0 Å². The molecule has 1 amide bonds. The second-order valence-electron chi connectivity index (χ2n) is 8.44. The van der Waals surface area contributed by atoms with E-state index in [0.29, 0.717) is 13.1 Å². The second kappa shape index (κ2) is 7.65. The van der Waals surface area contributed by atoms with Gasteiger partial charge in [-0.25, -0.2) is 9.38 Å². The third-order valence-corrected chi connectivity index (χ3v) is 5.91. The highest BCUT2D eigenvalue weighted by Crippen LogP contribution is 2.29. The lowest BCUT2D eigenvalue weighted by atomic mass is 10.1. The summed E-state index contributed by atoms with van der Waals surface area (Å²) in [5, 5.41) is 10.1. The molecule has 5 rings (SSSR count). The first-order valence-corrected chi connectivity index (χ1v) is 10.8. The number of para-hydroxylation sites is 1. The molecule has 4 aromatic rings. The number of carbonyl (C=O) groups excluding carboxylic acids is 1. The van der Waals surface area contributed by atoms with Crippen LogP contribution in [-0.2, 0) is 4.79 Å². The zero-order valence-corrected chi connectivity index (χ0v) is 18.1. The van der Waals surface area contributed by atoms with E-state index in [9.17, 15) is 4.79 Å². The number of amides is 1. The van der Waals surface area contributed by atoms with Crippen LogP contribution in [0.3, 0.4) is 0 Å². The zero-order chi connectivity index (χ0) is 21.5. The highest BCUT2D eigenvalue weighted by atomic mass is 16.2. The molecule has 31 heavy (non-hydrogen) atoms. The molecule has 2 aromatic heterocycles. The van der Waals surface area contributed by atoms with Crippen molar-refractivity contribution in [2.24, 2.45) is 5.92 Å². The molecule has 0 aliphatic carbocycles. The topological polar surface area (TPSA) is 66.6 Å². The number of benzene rings is 2. The number of hydrogen-bond donors (Lipinski definition) is 0. The minimum absolute atomic E-state index is 0.0167. The van der Waals surface area contributed by atoms with Gasteiger partial charge in [0.2, 0.25) is 11.9 Å². The number of hydrogen-bond acceptors (Lipinski definition) is 5. The van der Waals surface area contributed by atoms with Crippen LogP contribution in [0.15, 0.2) is 48.5 Å². The van der Waals surface area contributed by atoms with Crippen molar-refractivity contribution in [3.8, 4) is 11.4 Å². The van der Waals surface area contributed by atoms with Gasteiger partial charge in [0.1, 0.15) is 0 Å². The summed E-state index contributed by atoms with van der Waals surface area (Å²) in [7, 11) is 0. The molecule has 3 heterocycles. The minimum atomic E-state index is 0.0167. The molecule has 158 valence electrons. The monoisotopic (exact) mass is 414 g/mol. The van der Waals surface area contributed by atoms with Crippen molar-refractivity contribution in [1.29, 1.82) is 0 Å². The van der Waals surface area contributed by atoms with E-state index < -0.39 is 0 Å². The number of piperazine rings is 1. The Morgan fingerprint density at radius 2 is 1.65 bits per heavy atom. The number of rotatable bonds is 3. The van der Waals surface area contributed by atoms with Gasteiger partial charge >= 0.3 is 0 Å². The molecule has 1 aliphatic rings. The van der Waals surface area contributed by atoms with Crippen molar-refractivity contribution < 1.29 is 4.79 Å². The molecule has 0 spiro atoms. The van der Waals surface area contributed by atoms with Crippen molar-refractivity contribution in [2.75, 3.05) is 31.1 Å². The van der Waals surface area contributed by atoms with Crippen LogP contribution in [0.1, 0.15) is 19.4 Å². The van der Waals surface area contributed by atoms with E-state index in [1.807, 2.05) is 43.0 Å². The molecular weight excluding hydrogens is 388 g/mol. The molecule has 1 aliphatic heterocycles. The minimum Gasteiger partial charge on any atom is -0.339 e. The quantitative estimate of drug-likeness (QED) is 0.513. The van der Waals surface area contributed by atoms with Crippen molar-refractivity contribution in [3.05, 3.63) is 54.1 Å². The van der Waals surface area contributed by atoms with Gasteiger partial charge in [0.15, 0.2) is 11.5 Å². The summed E-state index contributed by atoms with van der Waals surface area (Å²) in [6.07, 6.45) is 0. The second-order valence-corrected chi connectivity index (χ2v) is 8.44. The molecule has 2 aromatic carbocycles. The maximum atomic E-state index is 12.4. The van der Waals surface area contributed by atoms with Crippen LogP contribution < -0.4 is 4.90 Å². The largest absolute Gasteiger partial charge is 0.339 e. The molecule has 0 saturated carbocycles. The first kappa shape index (κ1) is 19.5. The van der Waals surface area contributed by atoms with Gasteiger partial charge in [0.05, 0.1) is 5.52 Å². The van der Waals surface area contributed by atoms with E-state index in [2.05, 4.69) is 50.7 Å². The summed E-state index contributed by atoms with van der Waals surface area (Å²) < 4.78 is 2.06. The third-order valence-electron chi connectivity index (χ3n) is 5.91. The van der Waals surface area contributed by atoms with Crippen LogP contribution in [0, 0.1) is 12.8 Å². The van der Waals surface area contributed by atoms with E-state index in [4.69, 9.17) is 4.98 Å². The smallest absolute Gasteiger partial charge is 0.225 e. The zero-order valence-electron chi connectivity index (χ0n) is 18.1. The fourth-order valence-electron chi connectivity index (χ4n) is 4.16. The van der Waals surface area contributed by atoms with Crippen LogP contribution in [0.25, 0.3) is 27.9 Å². The summed E-state index contributed by atoms with van der Waals surface area (Å²) >= 11 is 0. The lowest BCUT2D eigenvalue weighted by Crippen LogP contribution is -2.50. The van der Waals surface area contributed by atoms with Crippen LogP contribution in [0.5, 0.6) is 0 Å². The molecule has 7 nitrogen and oxygen atoms in total. The summed E-state index contributed by atoms with van der Waals surface area (Å²) in [4.78, 5) is 21.6. The molecule has 0 bridgehead atoms. The number of aromatic nitrogens is 4. The summed E-state index contributed by atoms with van der Waals surface area (Å²) in [5.41, 5.74) is 3.91. The van der Waals surface area contributed by atoms with Crippen LogP contribution >= 0.6 is 0 Å². The van der Waals surface area contributed by atoms with Crippen molar-refractivity contribution >= 4 is 28.4 Å². The molecule has 1 fully saturated rings. The first-order chi connectivity index (χ1) is 15.0. The Bertz CT molecular complexity index is 1250. The summed E-state index contributed by atoms with van der Waals surface area (Å²) in [6, 6.07) is 16.4. The molecule has 0 N–H and O–H groups in total. The van der Waals surface area contributed by atoms with Gasteiger partial charge in [-0.1, -0.05) is 55.8 Å². The normalized spacial score (nSPS) is 14.7. The fraction of sp³-hybridized carbons (Fsp3) is 0.333. The van der Waals surface area contributed by atoms with Crippen LogP contribution in [0.4, 0.5) is 5.95 Å². The number of nitrogens with zero attached hydrogens (tertiary/aromatic N) is 6. The number of fused-ring (bicyclic) bond motifs is 3. The summed E-state index contributed by atoms with van der Waals surface area (Å²) in [5.74, 6) is 1.83. The Hall–Kier alpha value is -3.48. The standard InChI is InChI=1S/C24H26N6O/c1-16(2)23(31)28-12-14-29(15-13-28)24-25-20-7-5-4-6-19(20)22-27-26-21(30(22)24)18-10-8-17(3)9-11-18/h4-11,16H,12-15H2,1-3H3. The molecule has 1 saturated heterocycles. The highest BCUT2D eigenvalue weighted by molar-refractivity contribution is 5.93. The van der Waals surface area contributed by atoms with Crippen LogP contribution in [0.2, 0.25) is 0 Å². The SMILES string of the molecule is Cc1ccc(-c2nnc3c4ccccc4nc(N4CCN(C(=O)C(C)C)CC4)n23)cc1. The Labute approximate surface area is 181 Å². The lowest BCUT2D eigenvalue weighted by Gasteiger charge is -2.36. The molecule has 0 atom stereocenters. The lowest BCUT2D eigenvalue weighted by molar-refractivity contribution is -0.134. The van der Waals surface area contributed by atoms with Crippen molar-refractivity contribution in [3.63, 3.8) is 0 Å². The van der Waals surface area contributed by atoms with Gasteiger partial charge in [-0.2, -0.15) is 0 Å². The molecule has 0 unspecified atom stereocenters. The van der Waals surface area contributed by atoms with Gasteiger partial charge < -0.3 is 9.80 Å². The maximum absolute atomic E-state index is 12.4. The first-order valence-electron chi connectivity index (χ1n) is 10.8. The molecule has 7 heteroatoms. The number of anilines is 1. The van der Waals surface area contributed by atoms with Crippen LogP contribution in [-0.4, -0.2) is 56.6 Å². The average molecular weight is 415 g/mol. The maximum Gasteiger partial charge on any atom is 0.225 e. The summed E-state index contributed by atoms with van der Waals surface area (Å²) in [6.45, 7) is 8.81. The van der Waals surface area contributed by atoms with E-state index in [0.717, 1.165) is 47.0 Å². The van der Waals surface area contributed by atoms with Crippen molar-refractivity contribution in [1.82, 2.24) is 24.5 Å². The molecule has 0 radical (unpaired) electrons. The van der Waals surface area contributed by atoms with E-state index >= 15 is 0 Å². The van der Waals surface area contributed by atoms with Gasteiger partial charge in [0.25, 0.3) is 0 Å². The number of carbonyl (C=O) groups is 1.